The fourth-order valence-electron chi connectivity index (χ4n) is 3.13. The molecule has 0 amide bonds. The minimum Gasteiger partial charge on any atom is -0.349 e. The molecular weight excluding hydrogens is 400 g/mol. The van der Waals surface area contributed by atoms with Gasteiger partial charge in [0, 0.05) is 6.54 Å². The Balaban J connectivity index is 1.88. The highest BCUT2D eigenvalue weighted by atomic mass is 19.4. The zero-order valence-corrected chi connectivity index (χ0v) is 15.3. The molecule has 0 aromatic heterocycles. The van der Waals surface area contributed by atoms with Crippen molar-refractivity contribution in [2.24, 2.45) is 0 Å². The average Bonchev–Trinajstić information content (AvgIpc) is 2.67. The van der Waals surface area contributed by atoms with Crippen molar-refractivity contribution >= 4 is 0 Å². The lowest BCUT2D eigenvalue weighted by Gasteiger charge is -2.34. The Labute approximate surface area is 163 Å². The van der Waals surface area contributed by atoms with Gasteiger partial charge in [-0.25, -0.2) is 0 Å². The van der Waals surface area contributed by atoms with Crippen LogP contribution in [0.25, 0.3) is 0 Å². The van der Waals surface area contributed by atoms with Crippen molar-refractivity contribution in [3.8, 4) is 0 Å². The van der Waals surface area contributed by atoms with E-state index in [1.54, 1.807) is 0 Å². The number of ether oxygens (including phenoxy) is 2. The van der Waals surface area contributed by atoms with Crippen LogP contribution >= 0.6 is 0 Å². The average molecular weight is 419 g/mol. The van der Waals surface area contributed by atoms with E-state index in [1.807, 2.05) is 30.3 Å². The van der Waals surface area contributed by atoms with Gasteiger partial charge >= 0.3 is 12.4 Å². The van der Waals surface area contributed by atoms with Gasteiger partial charge in [-0.1, -0.05) is 30.3 Å². The predicted molar refractivity (Wildman–Crippen MR) is 92.9 cm³/mol. The fourth-order valence-corrected chi connectivity index (χ4v) is 3.13. The second kappa shape index (κ2) is 8.33. The summed E-state index contributed by atoms with van der Waals surface area (Å²) in [6.45, 7) is 2.24. The molecule has 1 N–H and O–H groups in total. The molecule has 0 bridgehead atoms. The van der Waals surface area contributed by atoms with E-state index in [9.17, 15) is 26.3 Å². The number of alkyl halides is 6. The van der Waals surface area contributed by atoms with Crippen molar-refractivity contribution in [1.82, 2.24) is 5.32 Å². The maximum absolute atomic E-state index is 13.1. The van der Waals surface area contributed by atoms with E-state index >= 15 is 0 Å². The lowest BCUT2D eigenvalue weighted by atomic mass is 10.0. The largest absolute Gasteiger partial charge is 0.416 e. The molecule has 0 aliphatic carbocycles. The summed E-state index contributed by atoms with van der Waals surface area (Å²) < 4.78 is 90.0. The number of benzene rings is 2. The molecule has 3 atom stereocenters. The van der Waals surface area contributed by atoms with E-state index in [-0.39, 0.29) is 11.6 Å². The van der Waals surface area contributed by atoms with Gasteiger partial charge in [-0.3, -0.25) is 0 Å². The Hall–Kier alpha value is -2.10. The van der Waals surface area contributed by atoms with Gasteiger partial charge < -0.3 is 14.8 Å². The molecule has 2 aromatic carbocycles. The first-order valence-corrected chi connectivity index (χ1v) is 8.90. The predicted octanol–water partition coefficient (Wildman–Crippen LogP) is 5.49. The normalized spacial score (nSPS) is 21.8. The van der Waals surface area contributed by atoms with E-state index < -0.39 is 41.9 Å². The fraction of sp³-hybridized carbons (Fsp3) is 0.400. The maximum Gasteiger partial charge on any atom is 0.416 e. The number of morpholine rings is 1. The van der Waals surface area contributed by atoms with Crippen LogP contribution in [0.4, 0.5) is 26.3 Å². The topological polar surface area (TPSA) is 30.5 Å². The zero-order valence-electron chi connectivity index (χ0n) is 15.3. The summed E-state index contributed by atoms with van der Waals surface area (Å²) in [5, 5.41) is 3.20. The highest BCUT2D eigenvalue weighted by Gasteiger charge is 2.38. The highest BCUT2D eigenvalue weighted by molar-refractivity contribution is 5.34. The number of hydrogen-bond acceptors (Lipinski definition) is 3. The minimum atomic E-state index is -4.91. The van der Waals surface area contributed by atoms with Crippen LogP contribution in [0.3, 0.4) is 0 Å². The Morgan fingerprint density at radius 2 is 1.55 bits per heavy atom. The molecule has 0 saturated carbocycles. The van der Waals surface area contributed by atoms with Crippen LogP contribution in [-0.4, -0.2) is 19.4 Å². The Morgan fingerprint density at radius 1 is 0.966 bits per heavy atom. The van der Waals surface area contributed by atoms with Crippen LogP contribution in [-0.2, 0) is 21.8 Å². The quantitative estimate of drug-likeness (QED) is 0.665. The SMILES string of the molecule is CC(O[C@H]1OCCN[C@H]1c1ccccc1)c1cc(C(F)(F)F)cc(C(F)(F)F)c1. The third kappa shape index (κ3) is 5.29. The first kappa shape index (κ1) is 21.6. The van der Waals surface area contributed by atoms with Crippen molar-refractivity contribution in [2.45, 2.75) is 37.7 Å². The molecule has 3 nitrogen and oxygen atoms in total. The molecule has 0 radical (unpaired) electrons. The van der Waals surface area contributed by atoms with Crippen LogP contribution in [0.15, 0.2) is 48.5 Å². The lowest BCUT2D eigenvalue weighted by Crippen LogP contribution is -2.43. The Morgan fingerprint density at radius 3 is 2.10 bits per heavy atom. The maximum atomic E-state index is 13.1. The van der Waals surface area contributed by atoms with Gasteiger partial charge in [0.2, 0.25) is 0 Å². The lowest BCUT2D eigenvalue weighted by molar-refractivity contribution is -0.200. The molecule has 1 aliphatic rings. The first-order valence-electron chi connectivity index (χ1n) is 8.90. The van der Waals surface area contributed by atoms with Crippen molar-refractivity contribution in [3.05, 3.63) is 70.8 Å². The molecule has 2 aromatic rings. The Kier molecular flexibility index (Phi) is 6.21. The standard InChI is InChI=1S/C20H19F6NO2/c1-12(14-9-15(19(21,22)23)11-16(10-14)20(24,25)26)29-18-17(27-7-8-28-18)13-5-3-2-4-6-13/h2-6,9-12,17-18,27H,7-8H2,1H3/t12?,17-,18+/m0/s1. The molecule has 1 saturated heterocycles. The summed E-state index contributed by atoms with van der Waals surface area (Å²) in [7, 11) is 0. The minimum absolute atomic E-state index is 0.0989. The molecule has 0 spiro atoms. The van der Waals surface area contributed by atoms with Crippen molar-refractivity contribution in [1.29, 1.82) is 0 Å². The molecule has 29 heavy (non-hydrogen) atoms. The molecule has 3 rings (SSSR count). The van der Waals surface area contributed by atoms with E-state index in [0.29, 0.717) is 25.3 Å². The first-order chi connectivity index (χ1) is 13.6. The van der Waals surface area contributed by atoms with Gasteiger partial charge in [0.15, 0.2) is 6.29 Å². The van der Waals surface area contributed by atoms with Gasteiger partial charge in [-0.2, -0.15) is 26.3 Å². The summed E-state index contributed by atoms with van der Waals surface area (Å²) in [5.74, 6) is 0. The molecular formula is C20H19F6NO2. The summed E-state index contributed by atoms with van der Waals surface area (Å²) >= 11 is 0. The van der Waals surface area contributed by atoms with Crippen molar-refractivity contribution in [2.75, 3.05) is 13.2 Å². The Bertz CT molecular complexity index is 790. The highest BCUT2D eigenvalue weighted by Crippen LogP contribution is 2.38. The number of halogens is 6. The van der Waals surface area contributed by atoms with Crippen LogP contribution < -0.4 is 5.32 Å². The van der Waals surface area contributed by atoms with Gasteiger partial charge in [-0.15, -0.1) is 0 Å². The molecule has 158 valence electrons. The van der Waals surface area contributed by atoms with Crippen molar-refractivity contribution in [3.63, 3.8) is 0 Å². The summed E-state index contributed by atoms with van der Waals surface area (Å²) in [5.41, 5.74) is -2.14. The number of hydrogen-bond donors (Lipinski definition) is 1. The molecule has 1 unspecified atom stereocenters. The van der Waals surface area contributed by atoms with Gasteiger partial charge in [0.1, 0.15) is 0 Å². The van der Waals surface area contributed by atoms with Crippen molar-refractivity contribution < 1.29 is 35.8 Å². The third-order valence-corrected chi connectivity index (χ3v) is 4.60. The molecule has 9 heteroatoms. The summed E-state index contributed by atoms with van der Waals surface area (Å²) in [6, 6.07) is 10.2. The van der Waals surface area contributed by atoms with Gasteiger partial charge in [-0.05, 0) is 36.2 Å². The number of nitrogens with one attached hydrogen (secondary N) is 1. The second-order valence-corrected chi connectivity index (χ2v) is 6.70. The van der Waals surface area contributed by atoms with Crippen LogP contribution in [0.1, 0.15) is 41.3 Å². The van der Waals surface area contributed by atoms with E-state index in [2.05, 4.69) is 5.32 Å². The van der Waals surface area contributed by atoms with E-state index in [4.69, 9.17) is 9.47 Å². The van der Waals surface area contributed by atoms with Gasteiger partial charge in [0.05, 0.1) is 29.9 Å². The smallest absolute Gasteiger partial charge is 0.349 e. The molecule has 1 heterocycles. The second-order valence-electron chi connectivity index (χ2n) is 6.70. The zero-order chi connectivity index (χ0) is 21.2. The molecule has 1 aliphatic heterocycles. The third-order valence-electron chi connectivity index (χ3n) is 4.60. The monoisotopic (exact) mass is 419 g/mol. The van der Waals surface area contributed by atoms with Crippen LogP contribution in [0, 0.1) is 0 Å². The van der Waals surface area contributed by atoms with Gasteiger partial charge in [0.25, 0.3) is 0 Å². The summed E-state index contributed by atoms with van der Waals surface area (Å²) in [6.07, 6.45) is -11.8. The number of rotatable bonds is 4. The molecule has 1 fully saturated rings. The summed E-state index contributed by atoms with van der Waals surface area (Å²) in [4.78, 5) is 0. The van der Waals surface area contributed by atoms with Crippen LogP contribution in [0.5, 0.6) is 0 Å². The van der Waals surface area contributed by atoms with E-state index in [0.717, 1.165) is 5.56 Å². The van der Waals surface area contributed by atoms with E-state index in [1.165, 1.54) is 6.92 Å². The van der Waals surface area contributed by atoms with Crippen LogP contribution in [0.2, 0.25) is 0 Å².